The number of benzene rings is 2. The third-order valence-electron chi connectivity index (χ3n) is 3.63. The van der Waals surface area contributed by atoms with E-state index in [9.17, 15) is 9.59 Å². The lowest BCUT2D eigenvalue weighted by Crippen LogP contribution is -2.15. The van der Waals surface area contributed by atoms with E-state index in [1.165, 1.54) is 14.0 Å². The Labute approximate surface area is 147 Å². The number of hydrogen-bond acceptors (Lipinski definition) is 5. The smallest absolute Gasteiger partial charge is 0.344 e. The van der Waals surface area contributed by atoms with Crippen molar-refractivity contribution in [2.75, 3.05) is 13.7 Å². The predicted octanol–water partition coefficient (Wildman–Crippen LogP) is 3.64. The summed E-state index contributed by atoms with van der Waals surface area (Å²) in [5, 5.41) is 0. The van der Waals surface area contributed by atoms with Crippen LogP contribution in [0.4, 0.5) is 0 Å². The molecule has 0 spiro atoms. The maximum atomic E-state index is 11.9. The molecular formula is C20H22O5. The van der Waals surface area contributed by atoms with Crippen LogP contribution in [0.5, 0.6) is 11.5 Å². The summed E-state index contributed by atoms with van der Waals surface area (Å²) in [6, 6.07) is 10.8. The lowest BCUT2D eigenvalue weighted by atomic mass is 10.1. The lowest BCUT2D eigenvalue weighted by Gasteiger charge is -2.11. The molecule has 0 saturated heterocycles. The molecule has 0 amide bonds. The third kappa shape index (κ3) is 5.35. The Morgan fingerprint density at radius 2 is 1.68 bits per heavy atom. The normalized spacial score (nSPS) is 10.2. The van der Waals surface area contributed by atoms with E-state index in [1.54, 1.807) is 18.2 Å². The highest BCUT2D eigenvalue weighted by atomic mass is 16.6. The van der Waals surface area contributed by atoms with Gasteiger partial charge in [-0.25, -0.2) is 4.79 Å². The highest BCUT2D eigenvalue weighted by molar-refractivity contribution is 5.94. The summed E-state index contributed by atoms with van der Waals surface area (Å²) in [7, 11) is 1.53. The first kappa shape index (κ1) is 18.5. The van der Waals surface area contributed by atoms with Gasteiger partial charge >= 0.3 is 5.97 Å². The summed E-state index contributed by atoms with van der Waals surface area (Å²) < 4.78 is 15.9. The van der Waals surface area contributed by atoms with Crippen molar-refractivity contribution < 1.29 is 23.8 Å². The van der Waals surface area contributed by atoms with Crippen LogP contribution in [0.1, 0.15) is 34.0 Å². The molecule has 0 radical (unpaired) electrons. The Hall–Kier alpha value is -2.82. The Morgan fingerprint density at radius 1 is 1.00 bits per heavy atom. The fourth-order valence-electron chi connectivity index (χ4n) is 2.47. The number of carbonyl (C=O) groups is 2. The minimum atomic E-state index is -0.491. The number of ether oxygens (including phenoxy) is 3. The molecule has 2 rings (SSSR count). The van der Waals surface area contributed by atoms with Gasteiger partial charge in [0.15, 0.2) is 12.4 Å². The van der Waals surface area contributed by atoms with E-state index in [2.05, 4.69) is 0 Å². The standard InChI is InChI=1S/C20H22O5/c1-13-7-14(2)9-18(8-13)24-12-20(22)25-11-17-10-16(15(3)21)5-6-19(17)23-4/h5-10H,11-12H2,1-4H3. The first-order valence-corrected chi connectivity index (χ1v) is 7.93. The van der Waals surface area contributed by atoms with E-state index < -0.39 is 5.97 Å². The van der Waals surface area contributed by atoms with Gasteiger partial charge in [-0.15, -0.1) is 0 Å². The molecule has 5 heteroatoms. The van der Waals surface area contributed by atoms with E-state index in [1.807, 2.05) is 32.0 Å². The predicted molar refractivity (Wildman–Crippen MR) is 94.2 cm³/mol. The highest BCUT2D eigenvalue weighted by Crippen LogP contribution is 2.21. The summed E-state index contributed by atoms with van der Waals surface area (Å²) in [4.78, 5) is 23.4. The van der Waals surface area contributed by atoms with Gasteiger partial charge in [0.05, 0.1) is 7.11 Å². The molecule has 0 unspecified atom stereocenters. The van der Waals surface area contributed by atoms with Crippen molar-refractivity contribution in [3.8, 4) is 11.5 Å². The maximum absolute atomic E-state index is 11.9. The molecule has 0 bridgehead atoms. The van der Waals surface area contributed by atoms with Crippen LogP contribution in [-0.2, 0) is 16.1 Å². The fraction of sp³-hybridized carbons (Fsp3) is 0.300. The number of Topliss-reactive ketones (excluding diaryl/α,β-unsaturated/α-hetero) is 1. The first-order chi connectivity index (χ1) is 11.9. The van der Waals surface area contributed by atoms with Gasteiger partial charge in [0.1, 0.15) is 18.1 Å². The minimum Gasteiger partial charge on any atom is -0.496 e. The molecule has 0 aromatic heterocycles. The van der Waals surface area contributed by atoms with Gasteiger partial charge in [0, 0.05) is 11.1 Å². The molecule has 0 aliphatic rings. The maximum Gasteiger partial charge on any atom is 0.344 e. The first-order valence-electron chi connectivity index (χ1n) is 7.93. The molecule has 2 aromatic rings. The molecule has 5 nitrogen and oxygen atoms in total. The average Bonchev–Trinajstić information content (AvgIpc) is 2.57. The fourth-order valence-corrected chi connectivity index (χ4v) is 2.47. The van der Waals surface area contributed by atoms with Crippen molar-refractivity contribution in [3.05, 3.63) is 58.7 Å². The van der Waals surface area contributed by atoms with Crippen LogP contribution in [0.15, 0.2) is 36.4 Å². The van der Waals surface area contributed by atoms with E-state index in [4.69, 9.17) is 14.2 Å². The topological polar surface area (TPSA) is 61.8 Å². The van der Waals surface area contributed by atoms with Crippen LogP contribution in [0.3, 0.4) is 0 Å². The SMILES string of the molecule is COc1ccc(C(C)=O)cc1COC(=O)COc1cc(C)cc(C)c1. The van der Waals surface area contributed by atoms with Gasteiger partial charge in [0.2, 0.25) is 0 Å². The number of rotatable bonds is 7. The molecule has 0 fully saturated rings. The van der Waals surface area contributed by atoms with E-state index in [0.717, 1.165) is 11.1 Å². The molecule has 132 valence electrons. The Bertz CT molecular complexity index is 759. The summed E-state index contributed by atoms with van der Waals surface area (Å²) in [5.74, 6) is 0.640. The number of hydrogen-bond donors (Lipinski definition) is 0. The summed E-state index contributed by atoms with van der Waals surface area (Å²) in [6.45, 7) is 5.24. The van der Waals surface area contributed by atoms with Crippen molar-refractivity contribution in [2.24, 2.45) is 0 Å². The van der Waals surface area contributed by atoms with Gasteiger partial charge in [0.25, 0.3) is 0 Å². The molecule has 2 aromatic carbocycles. The van der Waals surface area contributed by atoms with Crippen LogP contribution in [0.25, 0.3) is 0 Å². The molecule has 0 saturated carbocycles. The van der Waals surface area contributed by atoms with Crippen LogP contribution in [0, 0.1) is 13.8 Å². The Balaban J connectivity index is 1.95. The quantitative estimate of drug-likeness (QED) is 0.568. The molecule has 0 heterocycles. The van der Waals surface area contributed by atoms with E-state index in [0.29, 0.717) is 22.6 Å². The molecule has 0 atom stereocenters. The number of esters is 1. The largest absolute Gasteiger partial charge is 0.496 e. The number of methoxy groups -OCH3 is 1. The zero-order chi connectivity index (χ0) is 18.4. The van der Waals surface area contributed by atoms with Crippen LogP contribution in [0.2, 0.25) is 0 Å². The van der Waals surface area contributed by atoms with Gasteiger partial charge in [-0.05, 0) is 62.2 Å². The van der Waals surface area contributed by atoms with Crippen molar-refractivity contribution in [1.82, 2.24) is 0 Å². The van der Waals surface area contributed by atoms with Crippen LogP contribution in [-0.4, -0.2) is 25.5 Å². The highest BCUT2D eigenvalue weighted by Gasteiger charge is 2.11. The van der Waals surface area contributed by atoms with Gasteiger partial charge in [-0.2, -0.15) is 0 Å². The van der Waals surface area contributed by atoms with Crippen molar-refractivity contribution in [3.63, 3.8) is 0 Å². The Morgan fingerprint density at radius 3 is 2.28 bits per heavy atom. The van der Waals surface area contributed by atoms with Gasteiger partial charge in [-0.3, -0.25) is 4.79 Å². The third-order valence-corrected chi connectivity index (χ3v) is 3.63. The second-order valence-corrected chi connectivity index (χ2v) is 5.86. The van der Waals surface area contributed by atoms with Crippen molar-refractivity contribution in [2.45, 2.75) is 27.4 Å². The van der Waals surface area contributed by atoms with E-state index in [-0.39, 0.29) is 19.0 Å². The van der Waals surface area contributed by atoms with Crippen molar-refractivity contribution >= 4 is 11.8 Å². The van der Waals surface area contributed by atoms with Gasteiger partial charge < -0.3 is 14.2 Å². The van der Waals surface area contributed by atoms with Crippen molar-refractivity contribution in [1.29, 1.82) is 0 Å². The average molecular weight is 342 g/mol. The number of ketones is 1. The summed E-state index contributed by atoms with van der Waals surface area (Å²) >= 11 is 0. The summed E-state index contributed by atoms with van der Waals surface area (Å²) in [5.41, 5.74) is 3.30. The van der Waals surface area contributed by atoms with Crippen LogP contribution < -0.4 is 9.47 Å². The summed E-state index contributed by atoms with van der Waals surface area (Å²) in [6.07, 6.45) is 0. The molecule has 0 N–H and O–H groups in total. The van der Waals surface area contributed by atoms with E-state index >= 15 is 0 Å². The number of carbonyl (C=O) groups excluding carboxylic acids is 2. The number of aryl methyl sites for hydroxylation is 2. The lowest BCUT2D eigenvalue weighted by molar-refractivity contribution is -0.147. The second-order valence-electron chi connectivity index (χ2n) is 5.86. The zero-order valence-electron chi connectivity index (χ0n) is 14.9. The molecular weight excluding hydrogens is 320 g/mol. The molecule has 25 heavy (non-hydrogen) atoms. The monoisotopic (exact) mass is 342 g/mol. The zero-order valence-corrected chi connectivity index (χ0v) is 14.9. The van der Waals surface area contributed by atoms with Gasteiger partial charge in [-0.1, -0.05) is 6.07 Å². The minimum absolute atomic E-state index is 0.0132. The van der Waals surface area contributed by atoms with Crippen LogP contribution >= 0.6 is 0 Å². The molecule has 0 aliphatic carbocycles. The molecule has 0 aliphatic heterocycles. The Kier molecular flexibility index (Phi) is 6.17. The second kappa shape index (κ2) is 8.33.